The van der Waals surface area contributed by atoms with Crippen LogP contribution in [0.2, 0.25) is 0 Å². The summed E-state index contributed by atoms with van der Waals surface area (Å²) in [7, 11) is 5.32. The van der Waals surface area contributed by atoms with Crippen LogP contribution in [0, 0.1) is 0 Å². The van der Waals surface area contributed by atoms with Crippen molar-refractivity contribution >= 4 is 5.97 Å². The molecule has 1 spiro atoms. The molecule has 172 valence electrons. The Morgan fingerprint density at radius 2 is 1.94 bits per heavy atom. The highest BCUT2D eigenvalue weighted by atomic mass is 16.8. The van der Waals surface area contributed by atoms with Crippen LogP contribution in [0.1, 0.15) is 18.4 Å². The van der Waals surface area contributed by atoms with Gasteiger partial charge in [-0.25, -0.2) is 4.79 Å². The van der Waals surface area contributed by atoms with Gasteiger partial charge in [0.15, 0.2) is 29.1 Å². The molecule has 5 atom stereocenters. The van der Waals surface area contributed by atoms with Gasteiger partial charge in [-0.1, -0.05) is 12.1 Å². The van der Waals surface area contributed by atoms with Crippen LogP contribution >= 0.6 is 0 Å². The molecule has 0 saturated carbocycles. The van der Waals surface area contributed by atoms with Crippen LogP contribution in [0.5, 0.6) is 11.5 Å². The van der Waals surface area contributed by atoms with Gasteiger partial charge in [-0.2, -0.15) is 0 Å². The third kappa shape index (κ3) is 2.99. The molecule has 2 fully saturated rings. The van der Waals surface area contributed by atoms with E-state index in [-0.39, 0.29) is 18.1 Å². The van der Waals surface area contributed by atoms with Gasteiger partial charge in [-0.05, 0) is 43.8 Å². The lowest BCUT2D eigenvalue weighted by atomic mass is 9.68. The van der Waals surface area contributed by atoms with Crippen LogP contribution in [-0.2, 0) is 24.4 Å². The fourth-order valence-corrected chi connectivity index (χ4v) is 5.39. The standard InChI is InChI=1S/C23H27NO8/c1-24-9-8-22(13-4-5-14(28-2)15(10-13)29-3)6-7-23(11-17(22)24)30-12-16(32-23)20-18(25)19(26)21(27)31-20/h4-7,10,16-17,20,25-26H,8-9,11-12H2,1-3H3/t16-,17-,20+,22-,23?/m0/s1. The van der Waals surface area contributed by atoms with Crippen molar-refractivity contribution < 1.29 is 38.7 Å². The molecule has 0 aromatic heterocycles. The molecule has 1 aromatic rings. The number of hydrogen-bond acceptors (Lipinski definition) is 9. The third-order valence-electron chi connectivity index (χ3n) is 7.16. The number of benzene rings is 1. The Bertz CT molecular complexity index is 1010. The summed E-state index contributed by atoms with van der Waals surface area (Å²) in [5.41, 5.74) is 0.880. The first kappa shape index (κ1) is 21.1. The number of likely N-dealkylation sites (tertiary alicyclic amines) is 1. The van der Waals surface area contributed by atoms with Crippen molar-refractivity contribution in [3.63, 3.8) is 0 Å². The monoisotopic (exact) mass is 445 g/mol. The number of likely N-dealkylation sites (N-methyl/N-ethyl adjacent to an activating group) is 1. The van der Waals surface area contributed by atoms with Crippen LogP contribution in [0.3, 0.4) is 0 Å². The Balaban J connectivity index is 1.45. The van der Waals surface area contributed by atoms with Gasteiger partial charge < -0.3 is 38.8 Å². The fourth-order valence-electron chi connectivity index (χ4n) is 5.39. The molecule has 5 rings (SSSR count). The average molecular weight is 445 g/mol. The summed E-state index contributed by atoms with van der Waals surface area (Å²) in [6, 6.07) is 6.10. The molecular weight excluding hydrogens is 418 g/mol. The maximum atomic E-state index is 11.6. The second-order valence-electron chi connectivity index (χ2n) is 8.73. The highest BCUT2D eigenvalue weighted by Crippen LogP contribution is 2.51. The molecule has 2 saturated heterocycles. The van der Waals surface area contributed by atoms with Crippen LogP contribution < -0.4 is 9.47 Å². The highest BCUT2D eigenvalue weighted by molar-refractivity contribution is 5.89. The summed E-state index contributed by atoms with van der Waals surface area (Å²) in [6.07, 6.45) is 3.76. The van der Waals surface area contributed by atoms with Crippen LogP contribution in [0.25, 0.3) is 0 Å². The van der Waals surface area contributed by atoms with Crippen LogP contribution in [-0.4, -0.2) is 79.5 Å². The number of ether oxygens (including phenoxy) is 5. The molecule has 4 aliphatic rings. The van der Waals surface area contributed by atoms with E-state index < -0.39 is 35.5 Å². The van der Waals surface area contributed by atoms with Gasteiger partial charge in [0.05, 0.1) is 20.8 Å². The maximum Gasteiger partial charge on any atom is 0.377 e. The van der Waals surface area contributed by atoms with E-state index in [1.54, 1.807) is 14.2 Å². The van der Waals surface area contributed by atoms with Gasteiger partial charge in [-0.15, -0.1) is 0 Å². The number of aliphatic hydroxyl groups excluding tert-OH is 2. The number of cyclic esters (lactones) is 1. The molecule has 1 unspecified atom stereocenters. The minimum Gasteiger partial charge on any atom is -0.505 e. The predicted octanol–water partition coefficient (Wildman–Crippen LogP) is 1.97. The Hall–Kier alpha value is -2.75. The summed E-state index contributed by atoms with van der Waals surface area (Å²) in [5, 5.41) is 19.7. The molecule has 0 amide bonds. The van der Waals surface area contributed by atoms with Crippen molar-refractivity contribution in [2.24, 2.45) is 0 Å². The topological polar surface area (TPSA) is 107 Å². The highest BCUT2D eigenvalue weighted by Gasteiger charge is 2.57. The van der Waals surface area contributed by atoms with Gasteiger partial charge in [0.2, 0.25) is 5.76 Å². The van der Waals surface area contributed by atoms with E-state index in [1.807, 2.05) is 18.2 Å². The number of aliphatic hydroxyl groups is 2. The van der Waals surface area contributed by atoms with Gasteiger partial charge >= 0.3 is 5.97 Å². The Labute approximate surface area is 185 Å². The van der Waals surface area contributed by atoms with Crippen molar-refractivity contribution in [3.8, 4) is 11.5 Å². The number of methoxy groups -OCH3 is 2. The quantitative estimate of drug-likeness (QED) is 0.531. The molecule has 9 nitrogen and oxygen atoms in total. The molecule has 2 N–H and O–H groups in total. The van der Waals surface area contributed by atoms with Crippen molar-refractivity contribution in [3.05, 3.63) is 47.4 Å². The zero-order valence-corrected chi connectivity index (χ0v) is 18.2. The first-order valence-electron chi connectivity index (χ1n) is 10.6. The predicted molar refractivity (Wildman–Crippen MR) is 112 cm³/mol. The lowest BCUT2D eigenvalue weighted by Gasteiger charge is -2.44. The van der Waals surface area contributed by atoms with Crippen LogP contribution in [0.4, 0.5) is 0 Å². The molecule has 0 radical (unpaired) electrons. The molecule has 1 aliphatic carbocycles. The maximum absolute atomic E-state index is 11.6. The number of rotatable bonds is 4. The zero-order valence-electron chi connectivity index (χ0n) is 18.2. The molecule has 3 heterocycles. The van der Waals surface area contributed by atoms with E-state index in [2.05, 4.69) is 24.1 Å². The van der Waals surface area contributed by atoms with E-state index >= 15 is 0 Å². The van der Waals surface area contributed by atoms with E-state index in [4.69, 9.17) is 23.7 Å². The van der Waals surface area contributed by atoms with E-state index in [0.717, 1.165) is 18.5 Å². The van der Waals surface area contributed by atoms with Crippen molar-refractivity contribution in [2.75, 3.05) is 34.4 Å². The third-order valence-corrected chi connectivity index (χ3v) is 7.16. The largest absolute Gasteiger partial charge is 0.505 e. The molecule has 32 heavy (non-hydrogen) atoms. The molecule has 0 bridgehead atoms. The number of fused-ring (bicyclic) bond motifs is 1. The Morgan fingerprint density at radius 3 is 2.62 bits per heavy atom. The fraction of sp³-hybridized carbons (Fsp3) is 0.522. The molecule has 9 heteroatoms. The van der Waals surface area contributed by atoms with Gasteiger partial charge in [-0.3, -0.25) is 0 Å². The Morgan fingerprint density at radius 1 is 1.16 bits per heavy atom. The number of nitrogens with zero attached hydrogens (tertiary/aromatic N) is 1. The first-order chi connectivity index (χ1) is 15.3. The lowest BCUT2D eigenvalue weighted by molar-refractivity contribution is -0.168. The van der Waals surface area contributed by atoms with Crippen molar-refractivity contribution in [1.82, 2.24) is 4.90 Å². The molecular formula is C23H27NO8. The summed E-state index contributed by atoms with van der Waals surface area (Å²) in [6.45, 7) is 1.03. The van der Waals surface area contributed by atoms with E-state index in [9.17, 15) is 15.0 Å². The van der Waals surface area contributed by atoms with Crippen molar-refractivity contribution in [1.29, 1.82) is 0 Å². The number of carbonyl (C=O) groups is 1. The second kappa shape index (κ2) is 7.40. The van der Waals surface area contributed by atoms with Gasteiger partial charge in [0.25, 0.3) is 0 Å². The average Bonchev–Trinajstić information content (AvgIpc) is 3.45. The molecule has 3 aliphatic heterocycles. The number of carbonyl (C=O) groups excluding carboxylic acids is 1. The van der Waals surface area contributed by atoms with E-state index in [1.165, 1.54) is 0 Å². The van der Waals surface area contributed by atoms with Gasteiger partial charge in [0.1, 0.15) is 6.10 Å². The smallest absolute Gasteiger partial charge is 0.377 e. The number of esters is 1. The first-order valence-corrected chi connectivity index (χ1v) is 10.6. The summed E-state index contributed by atoms with van der Waals surface area (Å²) >= 11 is 0. The van der Waals surface area contributed by atoms with E-state index in [0.29, 0.717) is 17.9 Å². The Kier molecular flexibility index (Phi) is 4.88. The second-order valence-corrected chi connectivity index (χ2v) is 8.73. The lowest BCUT2D eigenvalue weighted by Crippen LogP contribution is -2.50. The summed E-state index contributed by atoms with van der Waals surface area (Å²) in [4.78, 5) is 13.9. The summed E-state index contributed by atoms with van der Waals surface area (Å²) < 4.78 is 28.3. The number of hydrogen-bond donors (Lipinski definition) is 2. The van der Waals surface area contributed by atoms with Crippen LogP contribution in [0.15, 0.2) is 41.9 Å². The van der Waals surface area contributed by atoms with Gasteiger partial charge in [0, 0.05) is 17.9 Å². The SMILES string of the molecule is COc1ccc([C@@]23C=CC4(C[C@@H]2N(C)CC3)OC[C@@H]([C@H]2OC(=O)C(O)=C2O)O4)cc1OC. The van der Waals surface area contributed by atoms with Crippen molar-refractivity contribution in [2.45, 2.75) is 42.3 Å². The minimum atomic E-state index is -1.07. The normalized spacial score (nSPS) is 36.6. The molecule has 1 aromatic carbocycles. The zero-order chi connectivity index (χ0) is 22.7. The summed E-state index contributed by atoms with van der Waals surface area (Å²) in [5.74, 6) is -1.89. The minimum absolute atomic E-state index is 0.0908.